The minimum Gasteiger partial charge on any atom is -0.481 e. The molecule has 0 aromatic heterocycles. The van der Waals surface area contributed by atoms with E-state index in [1.54, 1.807) is 0 Å². The van der Waals surface area contributed by atoms with E-state index in [1.807, 2.05) is 24.3 Å². The molecule has 0 bridgehead atoms. The van der Waals surface area contributed by atoms with Crippen LogP contribution < -0.4 is 5.73 Å². The van der Waals surface area contributed by atoms with Gasteiger partial charge in [0.05, 0.1) is 6.42 Å². The SMILES string of the molecule is NCC1CCCN(Cc2ccccc2CC(=O)O)C1. The summed E-state index contributed by atoms with van der Waals surface area (Å²) < 4.78 is 0. The van der Waals surface area contributed by atoms with E-state index in [1.165, 1.54) is 12.8 Å². The van der Waals surface area contributed by atoms with Crippen LogP contribution in [0.2, 0.25) is 0 Å². The lowest BCUT2D eigenvalue weighted by Crippen LogP contribution is -2.38. The van der Waals surface area contributed by atoms with E-state index in [0.29, 0.717) is 5.92 Å². The Morgan fingerprint density at radius 3 is 2.79 bits per heavy atom. The average molecular weight is 262 g/mol. The Hall–Kier alpha value is -1.39. The van der Waals surface area contributed by atoms with Crippen molar-refractivity contribution in [3.63, 3.8) is 0 Å². The number of rotatable bonds is 5. The molecule has 0 aliphatic carbocycles. The largest absolute Gasteiger partial charge is 0.481 e. The third-order valence-corrected chi connectivity index (χ3v) is 3.79. The normalized spacial score (nSPS) is 20.4. The summed E-state index contributed by atoms with van der Waals surface area (Å²) in [7, 11) is 0. The van der Waals surface area contributed by atoms with Gasteiger partial charge in [0.25, 0.3) is 0 Å². The van der Waals surface area contributed by atoms with Crippen LogP contribution in [0.3, 0.4) is 0 Å². The maximum atomic E-state index is 10.9. The highest BCUT2D eigenvalue weighted by Crippen LogP contribution is 2.19. The van der Waals surface area contributed by atoms with E-state index in [9.17, 15) is 4.79 Å². The summed E-state index contributed by atoms with van der Waals surface area (Å²) in [5.41, 5.74) is 7.80. The molecule has 1 saturated heterocycles. The minimum atomic E-state index is -0.772. The summed E-state index contributed by atoms with van der Waals surface area (Å²) in [6, 6.07) is 7.82. The van der Waals surface area contributed by atoms with Crippen molar-refractivity contribution in [3.8, 4) is 0 Å². The molecule has 1 unspecified atom stereocenters. The fraction of sp³-hybridized carbons (Fsp3) is 0.533. The van der Waals surface area contributed by atoms with Crippen molar-refractivity contribution in [1.82, 2.24) is 4.90 Å². The number of piperidine rings is 1. The molecule has 4 heteroatoms. The molecule has 19 heavy (non-hydrogen) atoms. The number of benzene rings is 1. The van der Waals surface area contributed by atoms with Gasteiger partial charge in [-0.25, -0.2) is 0 Å². The van der Waals surface area contributed by atoms with E-state index in [2.05, 4.69) is 4.90 Å². The van der Waals surface area contributed by atoms with Crippen molar-refractivity contribution >= 4 is 5.97 Å². The zero-order valence-corrected chi connectivity index (χ0v) is 11.2. The molecule has 2 rings (SSSR count). The summed E-state index contributed by atoms with van der Waals surface area (Å²) >= 11 is 0. The van der Waals surface area contributed by atoms with Gasteiger partial charge >= 0.3 is 5.97 Å². The molecule has 1 heterocycles. The summed E-state index contributed by atoms with van der Waals surface area (Å²) in [5.74, 6) is -0.189. The molecule has 1 aliphatic heterocycles. The first-order chi connectivity index (χ1) is 9.19. The first-order valence-corrected chi connectivity index (χ1v) is 6.90. The molecule has 4 nitrogen and oxygen atoms in total. The standard InChI is InChI=1S/C15H22N2O2/c16-9-12-4-3-7-17(10-12)11-14-6-2-1-5-13(14)8-15(18)19/h1-2,5-6,12H,3-4,7-11,16H2,(H,18,19). The summed E-state index contributed by atoms with van der Waals surface area (Å²) in [5, 5.41) is 8.95. The van der Waals surface area contributed by atoms with Crippen molar-refractivity contribution in [2.24, 2.45) is 11.7 Å². The maximum Gasteiger partial charge on any atom is 0.307 e. The van der Waals surface area contributed by atoms with Crippen LogP contribution in [-0.2, 0) is 17.8 Å². The molecule has 0 radical (unpaired) electrons. The van der Waals surface area contributed by atoms with E-state index in [0.717, 1.165) is 37.3 Å². The molecule has 1 fully saturated rings. The number of carboxylic acids is 1. The molecule has 0 saturated carbocycles. The van der Waals surface area contributed by atoms with Crippen molar-refractivity contribution in [2.45, 2.75) is 25.8 Å². The van der Waals surface area contributed by atoms with Gasteiger partial charge in [0.2, 0.25) is 0 Å². The van der Waals surface area contributed by atoms with Gasteiger partial charge in [0.1, 0.15) is 0 Å². The smallest absolute Gasteiger partial charge is 0.307 e. The van der Waals surface area contributed by atoms with E-state index in [4.69, 9.17) is 10.8 Å². The molecule has 0 amide bonds. The van der Waals surface area contributed by atoms with Crippen molar-refractivity contribution in [1.29, 1.82) is 0 Å². The lowest BCUT2D eigenvalue weighted by molar-refractivity contribution is -0.136. The Morgan fingerprint density at radius 1 is 1.37 bits per heavy atom. The maximum absolute atomic E-state index is 10.9. The van der Waals surface area contributed by atoms with Crippen LogP contribution in [0.25, 0.3) is 0 Å². The van der Waals surface area contributed by atoms with E-state index >= 15 is 0 Å². The second-order valence-corrected chi connectivity index (χ2v) is 5.32. The van der Waals surface area contributed by atoms with Gasteiger partial charge < -0.3 is 10.8 Å². The third-order valence-electron chi connectivity index (χ3n) is 3.79. The number of carbonyl (C=O) groups is 1. The highest BCUT2D eigenvalue weighted by atomic mass is 16.4. The zero-order valence-electron chi connectivity index (χ0n) is 11.2. The van der Waals surface area contributed by atoms with Crippen LogP contribution >= 0.6 is 0 Å². The quantitative estimate of drug-likeness (QED) is 0.843. The van der Waals surface area contributed by atoms with Crippen LogP contribution in [0.15, 0.2) is 24.3 Å². The first kappa shape index (κ1) is 14.0. The van der Waals surface area contributed by atoms with Gasteiger partial charge in [-0.2, -0.15) is 0 Å². The highest BCUT2D eigenvalue weighted by molar-refractivity contribution is 5.70. The Labute approximate surface area is 114 Å². The molecule has 104 valence electrons. The first-order valence-electron chi connectivity index (χ1n) is 6.90. The number of hydrogen-bond acceptors (Lipinski definition) is 3. The van der Waals surface area contributed by atoms with Crippen LogP contribution in [0.1, 0.15) is 24.0 Å². The molecule has 3 N–H and O–H groups in total. The highest BCUT2D eigenvalue weighted by Gasteiger charge is 2.19. The second-order valence-electron chi connectivity index (χ2n) is 5.32. The molecule has 1 aromatic carbocycles. The Bertz CT molecular complexity index is 434. The van der Waals surface area contributed by atoms with Gasteiger partial charge in [-0.3, -0.25) is 9.69 Å². The topological polar surface area (TPSA) is 66.6 Å². The predicted molar refractivity (Wildman–Crippen MR) is 74.8 cm³/mol. The number of carboxylic acid groups (broad SMARTS) is 1. The van der Waals surface area contributed by atoms with Gasteiger partial charge in [-0.05, 0) is 43.0 Å². The van der Waals surface area contributed by atoms with Crippen LogP contribution in [0.4, 0.5) is 0 Å². The molecule has 1 aromatic rings. The van der Waals surface area contributed by atoms with Crippen molar-refractivity contribution < 1.29 is 9.90 Å². The van der Waals surface area contributed by atoms with Crippen molar-refractivity contribution in [3.05, 3.63) is 35.4 Å². The Balaban J connectivity index is 2.03. The number of likely N-dealkylation sites (tertiary alicyclic amines) is 1. The fourth-order valence-corrected chi connectivity index (χ4v) is 2.78. The molecular formula is C15H22N2O2. The Kier molecular flexibility index (Phi) is 4.93. The molecule has 1 atom stereocenters. The zero-order chi connectivity index (χ0) is 13.7. The lowest BCUT2D eigenvalue weighted by Gasteiger charge is -2.32. The number of nitrogens with zero attached hydrogens (tertiary/aromatic N) is 1. The van der Waals surface area contributed by atoms with E-state index in [-0.39, 0.29) is 6.42 Å². The molecule has 1 aliphatic rings. The third kappa shape index (κ3) is 4.04. The second kappa shape index (κ2) is 6.68. The summed E-state index contributed by atoms with van der Waals surface area (Å²) in [6.45, 7) is 3.68. The van der Waals surface area contributed by atoms with Crippen LogP contribution in [-0.4, -0.2) is 35.6 Å². The predicted octanol–water partition coefficient (Wildman–Crippen LogP) is 1.48. The lowest BCUT2D eigenvalue weighted by atomic mass is 9.97. The van der Waals surface area contributed by atoms with Gasteiger partial charge in [0, 0.05) is 13.1 Å². The van der Waals surface area contributed by atoms with Gasteiger partial charge in [0.15, 0.2) is 0 Å². The Morgan fingerprint density at radius 2 is 2.11 bits per heavy atom. The number of nitrogens with two attached hydrogens (primary N) is 1. The summed E-state index contributed by atoms with van der Waals surface area (Å²) in [4.78, 5) is 13.3. The van der Waals surface area contributed by atoms with Crippen LogP contribution in [0.5, 0.6) is 0 Å². The van der Waals surface area contributed by atoms with Crippen LogP contribution in [0, 0.1) is 5.92 Å². The minimum absolute atomic E-state index is 0.102. The van der Waals surface area contributed by atoms with Crippen molar-refractivity contribution in [2.75, 3.05) is 19.6 Å². The fourth-order valence-electron chi connectivity index (χ4n) is 2.78. The summed E-state index contributed by atoms with van der Waals surface area (Å²) in [6.07, 6.45) is 2.50. The molecular weight excluding hydrogens is 240 g/mol. The average Bonchev–Trinajstić information content (AvgIpc) is 2.41. The monoisotopic (exact) mass is 262 g/mol. The van der Waals surface area contributed by atoms with Gasteiger partial charge in [-0.15, -0.1) is 0 Å². The number of aliphatic carboxylic acids is 1. The van der Waals surface area contributed by atoms with E-state index < -0.39 is 5.97 Å². The number of hydrogen-bond donors (Lipinski definition) is 2. The van der Waals surface area contributed by atoms with Gasteiger partial charge in [-0.1, -0.05) is 24.3 Å². The molecule has 0 spiro atoms.